The number of nitrogens with two attached hydrogens (primary N) is 1. The van der Waals surface area contributed by atoms with Gasteiger partial charge >= 0.3 is 0 Å². The van der Waals surface area contributed by atoms with Crippen LogP contribution in [-0.2, 0) is 0 Å². The molecular formula is C20H27N5O2. The highest BCUT2D eigenvalue weighted by molar-refractivity contribution is 5.75. The van der Waals surface area contributed by atoms with E-state index in [0.29, 0.717) is 24.3 Å². The van der Waals surface area contributed by atoms with Gasteiger partial charge in [0.05, 0.1) is 13.7 Å². The summed E-state index contributed by atoms with van der Waals surface area (Å²) in [4.78, 5) is 11.1. The Bertz CT molecular complexity index is 809. The van der Waals surface area contributed by atoms with Crippen molar-refractivity contribution in [3.8, 4) is 22.6 Å². The molecule has 27 heavy (non-hydrogen) atoms. The number of benzene rings is 1. The second kappa shape index (κ2) is 7.60. The number of aromatic nitrogens is 2. The third-order valence-corrected chi connectivity index (χ3v) is 5.37. The van der Waals surface area contributed by atoms with Crippen LogP contribution in [0.5, 0.6) is 11.5 Å². The Labute approximate surface area is 159 Å². The molecule has 1 aliphatic heterocycles. The Morgan fingerprint density at radius 3 is 2.81 bits per heavy atom. The molecule has 2 heterocycles. The van der Waals surface area contributed by atoms with Crippen molar-refractivity contribution < 1.29 is 9.47 Å². The minimum absolute atomic E-state index is 0.432. The summed E-state index contributed by atoms with van der Waals surface area (Å²) < 4.78 is 11.6. The topological polar surface area (TPSA) is 85.5 Å². The van der Waals surface area contributed by atoms with Crippen LogP contribution < -0.4 is 20.5 Å². The van der Waals surface area contributed by atoms with E-state index in [1.807, 2.05) is 18.2 Å². The fourth-order valence-electron chi connectivity index (χ4n) is 3.67. The van der Waals surface area contributed by atoms with E-state index >= 15 is 0 Å². The number of nitrogens with one attached hydrogen (secondary N) is 1. The lowest BCUT2D eigenvalue weighted by atomic mass is 10.1. The van der Waals surface area contributed by atoms with Crippen LogP contribution in [0.4, 0.5) is 11.8 Å². The monoisotopic (exact) mass is 369 g/mol. The van der Waals surface area contributed by atoms with E-state index in [9.17, 15) is 0 Å². The molecular weight excluding hydrogens is 342 g/mol. The zero-order chi connectivity index (χ0) is 18.8. The zero-order valence-electron chi connectivity index (χ0n) is 15.9. The van der Waals surface area contributed by atoms with E-state index in [1.54, 1.807) is 20.4 Å². The average Bonchev–Trinajstić information content (AvgIpc) is 3.44. The highest BCUT2D eigenvalue weighted by Gasteiger charge is 2.34. The van der Waals surface area contributed by atoms with Gasteiger partial charge in [-0.05, 0) is 43.5 Å². The molecule has 7 heteroatoms. The third kappa shape index (κ3) is 3.93. The fourth-order valence-corrected chi connectivity index (χ4v) is 3.67. The van der Waals surface area contributed by atoms with Crippen LogP contribution in [0, 0.1) is 5.92 Å². The Kier molecular flexibility index (Phi) is 5.03. The highest BCUT2D eigenvalue weighted by atomic mass is 16.5. The van der Waals surface area contributed by atoms with Gasteiger partial charge in [-0.3, -0.25) is 4.90 Å². The summed E-state index contributed by atoms with van der Waals surface area (Å²) in [5.74, 6) is 2.96. The molecule has 2 fully saturated rings. The van der Waals surface area contributed by atoms with Crippen LogP contribution in [0.15, 0.2) is 24.4 Å². The van der Waals surface area contributed by atoms with Crippen molar-refractivity contribution in [1.29, 1.82) is 0 Å². The molecule has 4 rings (SSSR count). The number of methoxy groups -OCH3 is 1. The molecule has 0 spiro atoms. The molecule has 7 nitrogen and oxygen atoms in total. The Balaban J connectivity index is 1.49. The molecule has 1 aromatic carbocycles. The first-order valence-electron chi connectivity index (χ1n) is 9.53. The van der Waals surface area contributed by atoms with E-state index in [0.717, 1.165) is 35.2 Å². The first-order valence-corrected chi connectivity index (χ1v) is 9.53. The summed E-state index contributed by atoms with van der Waals surface area (Å²) in [6.45, 7) is 3.04. The van der Waals surface area contributed by atoms with E-state index in [2.05, 4.69) is 20.2 Å². The lowest BCUT2D eigenvalue weighted by Gasteiger charge is -2.17. The molecule has 0 amide bonds. The van der Waals surface area contributed by atoms with E-state index in [-0.39, 0.29) is 0 Å². The molecule has 1 aromatic heterocycles. The summed E-state index contributed by atoms with van der Waals surface area (Å²) in [6, 6.07) is 6.64. The number of nitrogens with zero attached hydrogens (tertiary/aromatic N) is 3. The van der Waals surface area contributed by atoms with Crippen molar-refractivity contribution in [2.45, 2.75) is 25.3 Å². The quantitative estimate of drug-likeness (QED) is 0.776. The number of ether oxygens (including phenoxy) is 2. The standard InChI is InChI=1S/C20H27N5O2/c1-22-20-23-10-16(19(21)24-20)14-3-6-17(26-2)18(9-14)27-12-13-7-8-25(11-13)15-4-5-15/h3,6,9-10,13,15H,4-5,7-8,11-12H2,1-2H3,(H3,21,22,23,24). The second-order valence-electron chi connectivity index (χ2n) is 7.30. The van der Waals surface area contributed by atoms with Crippen molar-refractivity contribution in [2.24, 2.45) is 5.92 Å². The first-order chi connectivity index (χ1) is 13.2. The van der Waals surface area contributed by atoms with Gasteiger partial charge in [-0.2, -0.15) is 4.98 Å². The van der Waals surface area contributed by atoms with E-state index in [4.69, 9.17) is 15.2 Å². The summed E-state index contributed by atoms with van der Waals surface area (Å²) in [6.07, 6.45) is 5.65. The van der Waals surface area contributed by atoms with Gasteiger partial charge in [0.15, 0.2) is 11.5 Å². The molecule has 1 aliphatic carbocycles. The number of hydrogen-bond donors (Lipinski definition) is 2. The normalized spacial score (nSPS) is 19.9. The smallest absolute Gasteiger partial charge is 0.224 e. The van der Waals surface area contributed by atoms with Crippen molar-refractivity contribution >= 4 is 11.8 Å². The molecule has 2 aliphatic rings. The summed E-state index contributed by atoms with van der Waals surface area (Å²) in [5, 5.41) is 2.89. The van der Waals surface area contributed by atoms with Crippen molar-refractivity contribution in [3.63, 3.8) is 0 Å². The average molecular weight is 369 g/mol. The lowest BCUT2D eigenvalue weighted by molar-refractivity contribution is 0.230. The maximum Gasteiger partial charge on any atom is 0.224 e. The molecule has 144 valence electrons. The summed E-state index contributed by atoms with van der Waals surface area (Å²) in [5.41, 5.74) is 7.80. The number of anilines is 2. The van der Waals surface area contributed by atoms with Crippen molar-refractivity contribution in [1.82, 2.24) is 14.9 Å². The fraction of sp³-hybridized carbons (Fsp3) is 0.500. The SMILES string of the molecule is CNc1ncc(-c2ccc(OC)c(OCC3CCN(C4CC4)C3)c2)c(N)n1. The molecule has 3 N–H and O–H groups in total. The first kappa shape index (κ1) is 17.9. The van der Waals surface area contributed by atoms with Gasteiger partial charge in [0.25, 0.3) is 0 Å². The summed E-state index contributed by atoms with van der Waals surface area (Å²) in [7, 11) is 3.42. The molecule has 0 bridgehead atoms. The Hall–Kier alpha value is -2.54. The maximum atomic E-state index is 6.16. The Morgan fingerprint density at radius 2 is 2.11 bits per heavy atom. The van der Waals surface area contributed by atoms with E-state index in [1.165, 1.54) is 25.8 Å². The summed E-state index contributed by atoms with van der Waals surface area (Å²) >= 11 is 0. The van der Waals surface area contributed by atoms with Crippen LogP contribution in [0.3, 0.4) is 0 Å². The highest BCUT2D eigenvalue weighted by Crippen LogP contribution is 2.36. The van der Waals surface area contributed by atoms with E-state index < -0.39 is 0 Å². The number of hydrogen-bond acceptors (Lipinski definition) is 7. The minimum Gasteiger partial charge on any atom is -0.493 e. The minimum atomic E-state index is 0.432. The lowest BCUT2D eigenvalue weighted by Crippen LogP contribution is -2.24. The predicted octanol–water partition coefficient (Wildman–Crippen LogP) is 2.64. The number of likely N-dealkylation sites (tertiary alicyclic amines) is 1. The van der Waals surface area contributed by atoms with Gasteiger partial charge in [-0.1, -0.05) is 6.07 Å². The van der Waals surface area contributed by atoms with Crippen molar-refractivity contribution in [2.75, 3.05) is 44.9 Å². The van der Waals surface area contributed by atoms with Gasteiger partial charge in [0.1, 0.15) is 5.82 Å². The molecule has 1 unspecified atom stereocenters. The number of rotatable bonds is 7. The number of nitrogen functional groups attached to an aromatic ring is 1. The van der Waals surface area contributed by atoms with Gasteiger partial charge in [0.2, 0.25) is 5.95 Å². The van der Waals surface area contributed by atoms with Gasteiger partial charge in [0, 0.05) is 37.3 Å². The van der Waals surface area contributed by atoms with Gasteiger partial charge in [-0.15, -0.1) is 0 Å². The van der Waals surface area contributed by atoms with Crippen LogP contribution in [-0.4, -0.2) is 54.8 Å². The van der Waals surface area contributed by atoms with Gasteiger partial charge < -0.3 is 20.5 Å². The molecule has 0 radical (unpaired) electrons. The Morgan fingerprint density at radius 1 is 1.26 bits per heavy atom. The maximum absolute atomic E-state index is 6.16. The van der Waals surface area contributed by atoms with Crippen LogP contribution in [0.25, 0.3) is 11.1 Å². The van der Waals surface area contributed by atoms with Crippen LogP contribution in [0.2, 0.25) is 0 Å². The predicted molar refractivity (Wildman–Crippen MR) is 106 cm³/mol. The van der Waals surface area contributed by atoms with Crippen LogP contribution in [0.1, 0.15) is 19.3 Å². The molecule has 1 saturated heterocycles. The molecule has 1 saturated carbocycles. The third-order valence-electron chi connectivity index (χ3n) is 5.37. The van der Waals surface area contributed by atoms with Crippen LogP contribution >= 0.6 is 0 Å². The largest absolute Gasteiger partial charge is 0.493 e. The van der Waals surface area contributed by atoms with Crippen molar-refractivity contribution in [3.05, 3.63) is 24.4 Å². The zero-order valence-corrected chi connectivity index (χ0v) is 15.9. The second-order valence-corrected chi connectivity index (χ2v) is 7.30. The van der Waals surface area contributed by atoms with Gasteiger partial charge in [-0.25, -0.2) is 4.98 Å². The molecule has 2 aromatic rings. The molecule has 1 atom stereocenters.